The predicted octanol–water partition coefficient (Wildman–Crippen LogP) is 2.38. The number of hydrogen-bond donors (Lipinski definition) is 0. The maximum atomic E-state index is 11.1. The van der Waals surface area contributed by atoms with Gasteiger partial charge in [0.2, 0.25) is 0 Å². The van der Waals surface area contributed by atoms with Gasteiger partial charge in [-0.1, -0.05) is 0 Å². The smallest absolute Gasteiger partial charge is 0.159 e. The summed E-state index contributed by atoms with van der Waals surface area (Å²) in [6.45, 7) is 3.56. The van der Waals surface area contributed by atoms with E-state index in [0.29, 0.717) is 0 Å². The Hall–Kier alpha value is -1.90. The standard InChI is InChI=1S/C12H12N2O/c1-9-7-8-13-14(9)12-5-3-11(4-6-12)10(2)15/h3-8H,1-2H3. The van der Waals surface area contributed by atoms with Gasteiger partial charge in [0, 0.05) is 17.5 Å². The molecular formula is C12H12N2O. The van der Waals surface area contributed by atoms with Gasteiger partial charge in [0.25, 0.3) is 0 Å². The summed E-state index contributed by atoms with van der Waals surface area (Å²) in [6, 6.07) is 9.38. The van der Waals surface area contributed by atoms with Crippen molar-refractivity contribution in [1.29, 1.82) is 0 Å². The molecular weight excluding hydrogens is 188 g/mol. The van der Waals surface area contributed by atoms with Gasteiger partial charge in [-0.25, -0.2) is 4.68 Å². The van der Waals surface area contributed by atoms with Gasteiger partial charge in [-0.2, -0.15) is 5.10 Å². The van der Waals surface area contributed by atoms with Crippen molar-refractivity contribution in [3.05, 3.63) is 47.8 Å². The molecule has 0 bridgehead atoms. The van der Waals surface area contributed by atoms with E-state index >= 15 is 0 Å². The van der Waals surface area contributed by atoms with E-state index in [-0.39, 0.29) is 5.78 Å². The van der Waals surface area contributed by atoms with Gasteiger partial charge in [0.15, 0.2) is 5.78 Å². The van der Waals surface area contributed by atoms with E-state index in [1.165, 1.54) is 0 Å². The molecule has 0 saturated carbocycles. The van der Waals surface area contributed by atoms with Crippen molar-refractivity contribution in [2.24, 2.45) is 0 Å². The molecule has 0 saturated heterocycles. The summed E-state index contributed by atoms with van der Waals surface area (Å²) >= 11 is 0. The predicted molar refractivity (Wildman–Crippen MR) is 58.3 cm³/mol. The fourth-order valence-electron chi connectivity index (χ4n) is 1.48. The Bertz CT molecular complexity index is 483. The lowest BCUT2D eigenvalue weighted by Crippen LogP contribution is -1.99. The lowest BCUT2D eigenvalue weighted by molar-refractivity contribution is 0.101. The summed E-state index contributed by atoms with van der Waals surface area (Å²) in [6.07, 6.45) is 1.76. The molecule has 3 heteroatoms. The molecule has 1 aromatic heterocycles. The molecule has 0 amide bonds. The number of carbonyl (C=O) groups excluding carboxylic acids is 1. The normalized spacial score (nSPS) is 10.3. The van der Waals surface area contributed by atoms with Crippen LogP contribution in [0.25, 0.3) is 5.69 Å². The second-order valence-corrected chi connectivity index (χ2v) is 3.49. The molecule has 0 radical (unpaired) electrons. The highest BCUT2D eigenvalue weighted by molar-refractivity contribution is 5.94. The number of benzene rings is 1. The van der Waals surface area contributed by atoms with E-state index in [1.807, 2.05) is 41.9 Å². The van der Waals surface area contributed by atoms with Crippen molar-refractivity contribution in [3.8, 4) is 5.69 Å². The van der Waals surface area contributed by atoms with Gasteiger partial charge in [0.05, 0.1) is 5.69 Å². The Morgan fingerprint density at radius 3 is 2.33 bits per heavy atom. The van der Waals surface area contributed by atoms with Gasteiger partial charge >= 0.3 is 0 Å². The molecule has 0 unspecified atom stereocenters. The number of rotatable bonds is 2. The van der Waals surface area contributed by atoms with E-state index < -0.39 is 0 Å². The van der Waals surface area contributed by atoms with Crippen LogP contribution in [0.5, 0.6) is 0 Å². The van der Waals surface area contributed by atoms with Crippen LogP contribution in [0.15, 0.2) is 36.5 Å². The van der Waals surface area contributed by atoms with Crippen molar-refractivity contribution in [2.45, 2.75) is 13.8 Å². The van der Waals surface area contributed by atoms with Crippen LogP contribution >= 0.6 is 0 Å². The van der Waals surface area contributed by atoms with Crippen molar-refractivity contribution < 1.29 is 4.79 Å². The first kappa shape index (κ1) is 9.65. The summed E-state index contributed by atoms with van der Waals surface area (Å²) in [4.78, 5) is 11.1. The molecule has 0 spiro atoms. The minimum atomic E-state index is 0.0822. The molecule has 2 aromatic rings. The molecule has 76 valence electrons. The molecule has 1 heterocycles. The number of Topliss-reactive ketones (excluding diaryl/α,β-unsaturated/α-hetero) is 1. The zero-order chi connectivity index (χ0) is 10.8. The van der Waals surface area contributed by atoms with Gasteiger partial charge in [0.1, 0.15) is 0 Å². The summed E-state index contributed by atoms with van der Waals surface area (Å²) in [5, 5.41) is 4.19. The van der Waals surface area contributed by atoms with Crippen LogP contribution in [0.2, 0.25) is 0 Å². The quantitative estimate of drug-likeness (QED) is 0.697. The van der Waals surface area contributed by atoms with Gasteiger partial charge in [-0.15, -0.1) is 0 Å². The second kappa shape index (κ2) is 3.69. The molecule has 0 N–H and O–H groups in total. The number of aryl methyl sites for hydroxylation is 1. The van der Waals surface area contributed by atoms with E-state index in [1.54, 1.807) is 13.1 Å². The van der Waals surface area contributed by atoms with Crippen molar-refractivity contribution >= 4 is 5.78 Å². The first-order valence-electron chi connectivity index (χ1n) is 4.80. The van der Waals surface area contributed by atoms with Crippen molar-refractivity contribution in [2.75, 3.05) is 0 Å². The molecule has 0 aliphatic rings. The average Bonchev–Trinajstić information content (AvgIpc) is 2.65. The Balaban J connectivity index is 2.40. The van der Waals surface area contributed by atoms with Crippen LogP contribution in [0.4, 0.5) is 0 Å². The van der Waals surface area contributed by atoms with Gasteiger partial charge < -0.3 is 0 Å². The molecule has 2 rings (SSSR count). The number of nitrogens with zero attached hydrogens (tertiary/aromatic N) is 2. The monoisotopic (exact) mass is 200 g/mol. The Morgan fingerprint density at radius 2 is 1.87 bits per heavy atom. The molecule has 0 aliphatic carbocycles. The second-order valence-electron chi connectivity index (χ2n) is 3.49. The highest BCUT2D eigenvalue weighted by Crippen LogP contribution is 2.11. The third-order valence-corrected chi connectivity index (χ3v) is 2.35. The summed E-state index contributed by atoms with van der Waals surface area (Å²) in [5.74, 6) is 0.0822. The summed E-state index contributed by atoms with van der Waals surface area (Å²) < 4.78 is 1.84. The van der Waals surface area contributed by atoms with Crippen LogP contribution < -0.4 is 0 Å². The minimum absolute atomic E-state index is 0.0822. The Labute approximate surface area is 88.4 Å². The van der Waals surface area contributed by atoms with Crippen LogP contribution in [0.3, 0.4) is 0 Å². The van der Waals surface area contributed by atoms with E-state index in [4.69, 9.17) is 0 Å². The van der Waals surface area contributed by atoms with Gasteiger partial charge in [-0.05, 0) is 44.2 Å². The van der Waals surface area contributed by atoms with E-state index in [2.05, 4.69) is 5.10 Å². The SMILES string of the molecule is CC(=O)c1ccc(-n2nccc2C)cc1. The lowest BCUT2D eigenvalue weighted by Gasteiger charge is -2.04. The third kappa shape index (κ3) is 1.81. The summed E-state index contributed by atoms with van der Waals surface area (Å²) in [7, 11) is 0. The van der Waals surface area contributed by atoms with Crippen molar-refractivity contribution in [3.63, 3.8) is 0 Å². The zero-order valence-corrected chi connectivity index (χ0v) is 8.77. The van der Waals surface area contributed by atoms with Crippen molar-refractivity contribution in [1.82, 2.24) is 9.78 Å². The highest BCUT2D eigenvalue weighted by Gasteiger charge is 2.02. The lowest BCUT2D eigenvalue weighted by atomic mass is 10.1. The highest BCUT2D eigenvalue weighted by atomic mass is 16.1. The fraction of sp³-hybridized carbons (Fsp3) is 0.167. The third-order valence-electron chi connectivity index (χ3n) is 2.35. The first-order valence-corrected chi connectivity index (χ1v) is 4.80. The largest absolute Gasteiger partial charge is 0.295 e. The minimum Gasteiger partial charge on any atom is -0.295 e. The fourth-order valence-corrected chi connectivity index (χ4v) is 1.48. The molecule has 15 heavy (non-hydrogen) atoms. The first-order chi connectivity index (χ1) is 7.18. The maximum Gasteiger partial charge on any atom is 0.159 e. The molecule has 1 aromatic carbocycles. The van der Waals surface area contributed by atoms with Crippen LogP contribution in [0, 0.1) is 6.92 Å². The summed E-state index contributed by atoms with van der Waals surface area (Å²) in [5.41, 5.74) is 2.77. The number of hydrogen-bond acceptors (Lipinski definition) is 2. The number of carbonyl (C=O) groups is 1. The Kier molecular flexibility index (Phi) is 2.37. The molecule has 0 fully saturated rings. The Morgan fingerprint density at radius 1 is 1.20 bits per heavy atom. The van der Waals surface area contributed by atoms with Crippen LogP contribution in [-0.2, 0) is 0 Å². The van der Waals surface area contributed by atoms with Crippen LogP contribution in [-0.4, -0.2) is 15.6 Å². The zero-order valence-electron chi connectivity index (χ0n) is 8.77. The van der Waals surface area contributed by atoms with E-state index in [9.17, 15) is 4.79 Å². The van der Waals surface area contributed by atoms with Gasteiger partial charge in [-0.3, -0.25) is 4.79 Å². The van der Waals surface area contributed by atoms with E-state index in [0.717, 1.165) is 16.9 Å². The topological polar surface area (TPSA) is 34.9 Å². The molecule has 0 aliphatic heterocycles. The number of ketones is 1. The molecule has 0 atom stereocenters. The number of aromatic nitrogens is 2. The van der Waals surface area contributed by atoms with Crippen LogP contribution in [0.1, 0.15) is 23.0 Å². The maximum absolute atomic E-state index is 11.1. The molecule has 3 nitrogen and oxygen atoms in total. The average molecular weight is 200 g/mol.